The Hall–Kier alpha value is -3.41. The predicted molar refractivity (Wildman–Crippen MR) is 116 cm³/mol. The van der Waals surface area contributed by atoms with E-state index in [1.165, 1.54) is 11.6 Å². The lowest BCUT2D eigenvalue weighted by Gasteiger charge is -2.35. The zero-order chi connectivity index (χ0) is 21.5. The molecule has 30 heavy (non-hydrogen) atoms. The fourth-order valence-electron chi connectivity index (χ4n) is 3.39. The van der Waals surface area contributed by atoms with Crippen LogP contribution in [0.25, 0.3) is 0 Å². The van der Waals surface area contributed by atoms with Crippen LogP contribution >= 0.6 is 0 Å². The first-order valence-corrected chi connectivity index (χ1v) is 10.2. The number of piperazine rings is 1. The van der Waals surface area contributed by atoms with Crippen LogP contribution in [0.2, 0.25) is 0 Å². The van der Waals surface area contributed by atoms with Crippen molar-refractivity contribution in [3.8, 4) is 0 Å². The summed E-state index contributed by atoms with van der Waals surface area (Å²) in [5, 5.41) is 2.71. The molecule has 2 aromatic carbocycles. The predicted octanol–water partition coefficient (Wildman–Crippen LogP) is 2.65. The van der Waals surface area contributed by atoms with Gasteiger partial charge in [-0.15, -0.1) is 0 Å². The highest BCUT2D eigenvalue weighted by Crippen LogP contribution is 2.14. The lowest BCUT2D eigenvalue weighted by Crippen LogP contribution is -2.50. The summed E-state index contributed by atoms with van der Waals surface area (Å²) in [5.74, 6) is -0.268. The van der Waals surface area contributed by atoms with Crippen LogP contribution in [0.1, 0.15) is 38.8 Å². The SMILES string of the molecule is C=CC(=O)NCc1ccc(C(=O)N2CCN(C(=O)c3ccc(CC)cc3)CC2)cc1. The number of carbonyl (C=O) groups excluding carboxylic acids is 3. The van der Waals surface area contributed by atoms with Gasteiger partial charge in [-0.2, -0.15) is 0 Å². The van der Waals surface area contributed by atoms with E-state index < -0.39 is 0 Å². The topological polar surface area (TPSA) is 69.7 Å². The maximum Gasteiger partial charge on any atom is 0.253 e. The standard InChI is InChI=1S/C24H27N3O3/c1-3-18-5-9-20(10-6-18)23(29)26-13-15-27(16-14-26)24(30)21-11-7-19(8-12-21)17-25-22(28)4-2/h4-12H,2-3,13-17H2,1H3,(H,25,28). The van der Waals surface area contributed by atoms with Gasteiger partial charge in [-0.1, -0.05) is 37.8 Å². The number of carbonyl (C=O) groups is 3. The Morgan fingerprint density at radius 2 is 1.27 bits per heavy atom. The highest BCUT2D eigenvalue weighted by Gasteiger charge is 2.25. The number of hydrogen-bond donors (Lipinski definition) is 1. The Labute approximate surface area is 177 Å². The number of nitrogens with one attached hydrogen (secondary N) is 1. The van der Waals surface area contributed by atoms with Crippen molar-refractivity contribution >= 4 is 17.7 Å². The number of aryl methyl sites for hydroxylation is 1. The molecule has 6 nitrogen and oxygen atoms in total. The van der Waals surface area contributed by atoms with Crippen LogP contribution in [-0.2, 0) is 17.8 Å². The Bertz CT molecular complexity index is 912. The lowest BCUT2D eigenvalue weighted by atomic mass is 10.1. The molecule has 1 saturated heterocycles. The van der Waals surface area contributed by atoms with E-state index in [1.54, 1.807) is 21.9 Å². The van der Waals surface area contributed by atoms with Gasteiger partial charge in [-0.3, -0.25) is 14.4 Å². The fraction of sp³-hybridized carbons (Fsp3) is 0.292. The second kappa shape index (κ2) is 9.87. The molecule has 3 amide bonds. The summed E-state index contributed by atoms with van der Waals surface area (Å²) in [6, 6.07) is 14.9. The quantitative estimate of drug-likeness (QED) is 0.751. The molecule has 0 aliphatic carbocycles. The van der Waals surface area contributed by atoms with Gasteiger partial charge in [0.05, 0.1) is 0 Å². The molecule has 6 heteroatoms. The summed E-state index contributed by atoms with van der Waals surface area (Å²) in [4.78, 5) is 40.3. The van der Waals surface area contributed by atoms with E-state index in [2.05, 4.69) is 18.8 Å². The normalized spacial score (nSPS) is 13.6. The maximum absolute atomic E-state index is 12.8. The summed E-state index contributed by atoms with van der Waals surface area (Å²) < 4.78 is 0. The van der Waals surface area contributed by atoms with Crippen LogP contribution in [0.4, 0.5) is 0 Å². The third kappa shape index (κ3) is 5.14. The number of amides is 3. The zero-order valence-corrected chi connectivity index (χ0v) is 17.3. The monoisotopic (exact) mass is 405 g/mol. The number of hydrogen-bond acceptors (Lipinski definition) is 3. The van der Waals surface area contributed by atoms with Crippen molar-refractivity contribution in [2.75, 3.05) is 26.2 Å². The van der Waals surface area contributed by atoms with E-state index in [4.69, 9.17) is 0 Å². The molecule has 0 bridgehead atoms. The largest absolute Gasteiger partial charge is 0.348 e. The average Bonchev–Trinajstić information content (AvgIpc) is 2.82. The van der Waals surface area contributed by atoms with E-state index in [1.807, 2.05) is 36.4 Å². The molecule has 0 unspecified atom stereocenters. The summed E-state index contributed by atoms with van der Waals surface area (Å²) in [7, 11) is 0. The fourth-order valence-corrected chi connectivity index (χ4v) is 3.39. The van der Waals surface area contributed by atoms with Gasteiger partial charge in [-0.25, -0.2) is 0 Å². The summed E-state index contributed by atoms with van der Waals surface area (Å²) in [6.45, 7) is 7.95. The van der Waals surface area contributed by atoms with Crippen molar-refractivity contribution in [1.29, 1.82) is 0 Å². The molecule has 2 aromatic rings. The summed E-state index contributed by atoms with van der Waals surface area (Å²) >= 11 is 0. The average molecular weight is 405 g/mol. The number of nitrogens with zero attached hydrogens (tertiary/aromatic N) is 2. The van der Waals surface area contributed by atoms with E-state index in [0.717, 1.165) is 12.0 Å². The van der Waals surface area contributed by atoms with Gasteiger partial charge in [0.15, 0.2) is 0 Å². The van der Waals surface area contributed by atoms with Gasteiger partial charge >= 0.3 is 0 Å². The molecule has 156 valence electrons. The third-order valence-corrected chi connectivity index (χ3v) is 5.32. The first kappa shape index (κ1) is 21.3. The van der Waals surface area contributed by atoms with Crippen molar-refractivity contribution < 1.29 is 14.4 Å². The lowest BCUT2D eigenvalue weighted by molar-refractivity contribution is -0.116. The molecular formula is C24H27N3O3. The maximum atomic E-state index is 12.8. The van der Waals surface area contributed by atoms with Crippen molar-refractivity contribution in [3.63, 3.8) is 0 Å². The van der Waals surface area contributed by atoms with Gasteiger partial charge in [-0.05, 0) is 47.9 Å². The third-order valence-electron chi connectivity index (χ3n) is 5.32. The molecule has 1 aliphatic rings. The van der Waals surface area contributed by atoms with Gasteiger partial charge < -0.3 is 15.1 Å². The second-order valence-electron chi connectivity index (χ2n) is 7.25. The van der Waals surface area contributed by atoms with E-state index in [0.29, 0.717) is 43.9 Å². The Kier molecular flexibility index (Phi) is 7.01. The van der Waals surface area contributed by atoms with Gasteiger partial charge in [0, 0.05) is 43.9 Å². The first-order valence-electron chi connectivity index (χ1n) is 10.2. The Balaban J connectivity index is 1.53. The van der Waals surface area contributed by atoms with E-state index >= 15 is 0 Å². The van der Waals surface area contributed by atoms with Crippen molar-refractivity contribution in [2.24, 2.45) is 0 Å². The molecule has 1 N–H and O–H groups in total. The Morgan fingerprint density at radius 3 is 1.67 bits per heavy atom. The molecule has 1 heterocycles. The van der Waals surface area contributed by atoms with Crippen molar-refractivity contribution in [3.05, 3.63) is 83.4 Å². The smallest absolute Gasteiger partial charge is 0.253 e. The van der Waals surface area contributed by atoms with Crippen LogP contribution in [0.5, 0.6) is 0 Å². The highest BCUT2D eigenvalue weighted by molar-refractivity contribution is 5.96. The molecule has 3 rings (SSSR count). The van der Waals surface area contributed by atoms with Crippen LogP contribution in [-0.4, -0.2) is 53.7 Å². The molecule has 0 saturated carbocycles. The minimum atomic E-state index is -0.233. The highest BCUT2D eigenvalue weighted by atomic mass is 16.2. The van der Waals surface area contributed by atoms with Gasteiger partial charge in [0.1, 0.15) is 0 Å². The van der Waals surface area contributed by atoms with Crippen LogP contribution < -0.4 is 5.32 Å². The van der Waals surface area contributed by atoms with E-state index in [9.17, 15) is 14.4 Å². The first-order chi connectivity index (χ1) is 14.5. The summed E-state index contributed by atoms with van der Waals surface area (Å²) in [5.41, 5.74) is 3.40. The molecule has 0 atom stereocenters. The van der Waals surface area contributed by atoms with Crippen molar-refractivity contribution in [1.82, 2.24) is 15.1 Å². The van der Waals surface area contributed by atoms with Crippen LogP contribution in [0, 0.1) is 0 Å². The van der Waals surface area contributed by atoms with E-state index in [-0.39, 0.29) is 17.7 Å². The minimum Gasteiger partial charge on any atom is -0.348 e. The molecule has 0 aromatic heterocycles. The van der Waals surface area contributed by atoms with Gasteiger partial charge in [0.25, 0.3) is 11.8 Å². The van der Waals surface area contributed by atoms with Crippen molar-refractivity contribution in [2.45, 2.75) is 19.9 Å². The zero-order valence-electron chi connectivity index (χ0n) is 17.3. The minimum absolute atomic E-state index is 0.00989. The van der Waals surface area contributed by atoms with Crippen LogP contribution in [0.15, 0.2) is 61.2 Å². The molecule has 0 radical (unpaired) electrons. The molecular weight excluding hydrogens is 378 g/mol. The second-order valence-corrected chi connectivity index (χ2v) is 7.25. The summed E-state index contributed by atoms with van der Waals surface area (Å²) in [6.07, 6.45) is 2.17. The molecule has 0 spiro atoms. The van der Waals surface area contributed by atoms with Crippen LogP contribution in [0.3, 0.4) is 0 Å². The molecule has 1 aliphatic heterocycles. The number of benzene rings is 2. The van der Waals surface area contributed by atoms with Gasteiger partial charge in [0.2, 0.25) is 5.91 Å². The number of rotatable bonds is 6. The molecule has 1 fully saturated rings. The Morgan fingerprint density at radius 1 is 0.833 bits per heavy atom.